The Labute approximate surface area is 179 Å². The Hall–Kier alpha value is -3.71. The van der Waals surface area contributed by atoms with Gasteiger partial charge in [-0.2, -0.15) is 0 Å². The Bertz CT molecular complexity index is 1300. The van der Waals surface area contributed by atoms with Crippen LogP contribution in [-0.4, -0.2) is 7.11 Å². The molecule has 0 saturated carbocycles. The topological polar surface area (TPSA) is 9.23 Å². The van der Waals surface area contributed by atoms with Crippen LogP contribution in [0.15, 0.2) is 72.8 Å². The van der Waals surface area contributed by atoms with Crippen LogP contribution in [0.5, 0.6) is 5.75 Å². The molecule has 0 bridgehead atoms. The smallest absolute Gasteiger partial charge is 0.166 e. The van der Waals surface area contributed by atoms with Crippen molar-refractivity contribution < 1.29 is 17.9 Å². The predicted molar refractivity (Wildman–Crippen MR) is 117 cm³/mol. The zero-order chi connectivity index (χ0) is 21.8. The van der Waals surface area contributed by atoms with Crippen molar-refractivity contribution in [1.29, 1.82) is 0 Å². The molecule has 0 aromatic heterocycles. The van der Waals surface area contributed by atoms with Gasteiger partial charge in [-0.3, -0.25) is 0 Å². The lowest BCUT2D eigenvalue weighted by Gasteiger charge is -2.05. The molecule has 4 aromatic rings. The summed E-state index contributed by atoms with van der Waals surface area (Å²) in [5.74, 6) is 4.38. The normalized spacial score (nSPS) is 10.6. The number of halogens is 3. The van der Waals surface area contributed by atoms with Crippen molar-refractivity contribution in [3.8, 4) is 17.6 Å². The van der Waals surface area contributed by atoms with Crippen molar-refractivity contribution >= 4 is 10.8 Å². The number of rotatable bonds is 4. The highest BCUT2D eigenvalue weighted by Gasteiger charge is 2.07. The quantitative estimate of drug-likeness (QED) is 0.347. The second-order valence-electron chi connectivity index (χ2n) is 7.21. The van der Waals surface area contributed by atoms with E-state index in [1.54, 1.807) is 25.3 Å². The van der Waals surface area contributed by atoms with Crippen molar-refractivity contribution in [3.05, 3.63) is 113 Å². The molecule has 0 fully saturated rings. The first-order chi connectivity index (χ1) is 15.0. The SMILES string of the molecule is COc1ccc(CCc2ccc(C#Cc3ccc4c(F)c(F)ccc4c3)c(F)c2)cc1. The number of ether oxygens (including phenoxy) is 1. The molecule has 31 heavy (non-hydrogen) atoms. The summed E-state index contributed by atoms with van der Waals surface area (Å²) >= 11 is 0. The number of benzene rings is 4. The fraction of sp³-hybridized carbons (Fsp3) is 0.111. The van der Waals surface area contributed by atoms with Gasteiger partial charge in [-0.1, -0.05) is 42.2 Å². The summed E-state index contributed by atoms with van der Waals surface area (Å²) in [6.07, 6.45) is 1.51. The van der Waals surface area contributed by atoms with E-state index < -0.39 is 11.6 Å². The number of hydrogen-bond acceptors (Lipinski definition) is 1. The molecule has 0 amide bonds. The summed E-state index contributed by atoms with van der Waals surface area (Å²) < 4.78 is 46.8. The van der Waals surface area contributed by atoms with Gasteiger partial charge in [0.15, 0.2) is 11.6 Å². The summed E-state index contributed by atoms with van der Waals surface area (Å²) in [5.41, 5.74) is 2.93. The van der Waals surface area contributed by atoms with Crippen LogP contribution in [0.2, 0.25) is 0 Å². The fourth-order valence-electron chi connectivity index (χ4n) is 3.38. The van der Waals surface area contributed by atoms with Crippen molar-refractivity contribution in [2.24, 2.45) is 0 Å². The van der Waals surface area contributed by atoms with E-state index >= 15 is 0 Å². The maximum atomic E-state index is 14.5. The van der Waals surface area contributed by atoms with Crippen LogP contribution in [0.4, 0.5) is 13.2 Å². The van der Waals surface area contributed by atoms with Crippen LogP contribution in [0.1, 0.15) is 22.3 Å². The zero-order valence-corrected chi connectivity index (χ0v) is 16.9. The Morgan fingerprint density at radius 1 is 0.710 bits per heavy atom. The number of aryl methyl sites for hydroxylation is 2. The van der Waals surface area contributed by atoms with E-state index in [2.05, 4.69) is 11.8 Å². The molecule has 0 aliphatic carbocycles. The second kappa shape index (κ2) is 8.97. The van der Waals surface area contributed by atoms with Gasteiger partial charge in [-0.05, 0) is 71.8 Å². The van der Waals surface area contributed by atoms with Gasteiger partial charge in [0.2, 0.25) is 0 Å². The summed E-state index contributed by atoms with van der Waals surface area (Å²) in [6, 6.07) is 20.2. The minimum Gasteiger partial charge on any atom is -0.497 e. The summed E-state index contributed by atoms with van der Waals surface area (Å²) in [4.78, 5) is 0. The van der Waals surface area contributed by atoms with E-state index in [4.69, 9.17) is 4.74 Å². The maximum absolute atomic E-state index is 14.5. The Balaban J connectivity index is 1.48. The Morgan fingerprint density at radius 3 is 2.19 bits per heavy atom. The standard InChI is InChI=1S/C27H19F3O/c1-31-23-12-6-18(7-13-23)2-3-20-5-10-21(26(29)17-20)9-4-19-8-14-24-22(16-19)11-15-25(28)27(24)30/h5-8,10-17H,2-3H2,1H3. The highest BCUT2D eigenvalue weighted by atomic mass is 19.2. The molecule has 0 unspecified atom stereocenters. The lowest BCUT2D eigenvalue weighted by Crippen LogP contribution is -1.94. The van der Waals surface area contributed by atoms with Crippen molar-refractivity contribution in [3.63, 3.8) is 0 Å². The van der Waals surface area contributed by atoms with Crippen molar-refractivity contribution in [1.82, 2.24) is 0 Å². The predicted octanol–water partition coefficient (Wildman–Crippen LogP) is 6.45. The van der Waals surface area contributed by atoms with E-state index in [-0.39, 0.29) is 11.2 Å². The summed E-state index contributed by atoms with van der Waals surface area (Å²) in [6.45, 7) is 0. The minimum absolute atomic E-state index is 0.193. The van der Waals surface area contributed by atoms with Gasteiger partial charge in [0.25, 0.3) is 0 Å². The van der Waals surface area contributed by atoms with Gasteiger partial charge in [0.1, 0.15) is 11.6 Å². The Morgan fingerprint density at radius 2 is 1.45 bits per heavy atom. The first kappa shape index (κ1) is 20.6. The van der Waals surface area contributed by atoms with Crippen LogP contribution in [0.3, 0.4) is 0 Å². The average molecular weight is 416 g/mol. The molecule has 0 atom stereocenters. The van der Waals surface area contributed by atoms with Crippen LogP contribution >= 0.6 is 0 Å². The van der Waals surface area contributed by atoms with E-state index in [0.29, 0.717) is 22.9 Å². The third kappa shape index (κ3) is 4.73. The average Bonchev–Trinajstić information content (AvgIpc) is 2.80. The summed E-state index contributed by atoms with van der Waals surface area (Å²) in [7, 11) is 1.63. The lowest BCUT2D eigenvalue weighted by atomic mass is 10.0. The van der Waals surface area contributed by atoms with Crippen molar-refractivity contribution in [2.75, 3.05) is 7.11 Å². The lowest BCUT2D eigenvalue weighted by molar-refractivity contribution is 0.414. The minimum atomic E-state index is -0.888. The molecule has 0 N–H and O–H groups in total. The molecule has 0 aliphatic heterocycles. The molecule has 0 aliphatic rings. The molecule has 0 radical (unpaired) electrons. The van der Waals surface area contributed by atoms with Crippen molar-refractivity contribution in [2.45, 2.75) is 12.8 Å². The number of hydrogen-bond donors (Lipinski definition) is 0. The van der Waals surface area contributed by atoms with E-state index in [0.717, 1.165) is 29.4 Å². The van der Waals surface area contributed by atoms with E-state index in [1.807, 2.05) is 30.3 Å². The summed E-state index contributed by atoms with van der Waals surface area (Å²) in [5, 5.41) is 0.734. The van der Waals surface area contributed by atoms with Gasteiger partial charge in [-0.15, -0.1) is 0 Å². The highest BCUT2D eigenvalue weighted by molar-refractivity contribution is 5.84. The molecule has 0 spiro atoms. The Kier molecular flexibility index (Phi) is 5.95. The van der Waals surface area contributed by atoms with Crippen LogP contribution < -0.4 is 4.74 Å². The van der Waals surface area contributed by atoms with Gasteiger partial charge in [0, 0.05) is 10.9 Å². The molecular weight excluding hydrogens is 397 g/mol. The molecule has 4 aromatic carbocycles. The third-order valence-corrected chi connectivity index (χ3v) is 5.14. The first-order valence-corrected chi connectivity index (χ1v) is 9.84. The van der Waals surface area contributed by atoms with Gasteiger partial charge >= 0.3 is 0 Å². The monoisotopic (exact) mass is 416 g/mol. The van der Waals surface area contributed by atoms with Crippen LogP contribution in [0.25, 0.3) is 10.8 Å². The number of methoxy groups -OCH3 is 1. The fourth-order valence-corrected chi connectivity index (χ4v) is 3.38. The second-order valence-corrected chi connectivity index (χ2v) is 7.21. The largest absolute Gasteiger partial charge is 0.497 e. The first-order valence-electron chi connectivity index (χ1n) is 9.84. The molecule has 4 heteroatoms. The van der Waals surface area contributed by atoms with E-state index in [1.165, 1.54) is 18.2 Å². The van der Waals surface area contributed by atoms with Crippen LogP contribution in [-0.2, 0) is 12.8 Å². The molecule has 0 heterocycles. The maximum Gasteiger partial charge on any atom is 0.166 e. The van der Waals surface area contributed by atoms with Gasteiger partial charge < -0.3 is 4.74 Å². The molecule has 154 valence electrons. The zero-order valence-electron chi connectivity index (χ0n) is 16.9. The molecule has 4 rings (SSSR count). The van der Waals surface area contributed by atoms with Crippen LogP contribution in [0, 0.1) is 29.3 Å². The van der Waals surface area contributed by atoms with E-state index in [9.17, 15) is 13.2 Å². The highest BCUT2D eigenvalue weighted by Crippen LogP contribution is 2.21. The van der Waals surface area contributed by atoms with Gasteiger partial charge in [-0.25, -0.2) is 13.2 Å². The molecular formula is C27H19F3O. The molecule has 0 saturated heterocycles. The van der Waals surface area contributed by atoms with Gasteiger partial charge in [0.05, 0.1) is 12.7 Å². The third-order valence-electron chi connectivity index (χ3n) is 5.14. The number of fused-ring (bicyclic) bond motifs is 1. The molecule has 1 nitrogen and oxygen atoms in total.